The van der Waals surface area contributed by atoms with Crippen LogP contribution in [0.5, 0.6) is 0 Å². The van der Waals surface area contributed by atoms with E-state index in [9.17, 15) is 0 Å². The maximum Gasteiger partial charge on any atom is 0.192 e. The second kappa shape index (κ2) is 10.1. The number of hydrogen-bond donors (Lipinski definition) is 2. The van der Waals surface area contributed by atoms with Crippen LogP contribution in [0.2, 0.25) is 0 Å². The Morgan fingerprint density at radius 1 is 1.33 bits per heavy atom. The van der Waals surface area contributed by atoms with Gasteiger partial charge < -0.3 is 15.2 Å². The van der Waals surface area contributed by atoms with E-state index in [-0.39, 0.29) is 30.0 Å². The molecule has 0 aliphatic heterocycles. The summed E-state index contributed by atoms with van der Waals surface area (Å²) in [5, 5.41) is 14.8. The average molecular weight is 440 g/mol. The maximum absolute atomic E-state index is 4.59. The third kappa shape index (κ3) is 5.63. The van der Waals surface area contributed by atoms with Gasteiger partial charge in [0.1, 0.15) is 12.4 Å². The second-order valence-corrected chi connectivity index (χ2v) is 5.33. The number of aliphatic imine (C=N–C) groups is 1. The van der Waals surface area contributed by atoms with Gasteiger partial charge in [0.05, 0.1) is 6.04 Å². The molecule has 0 saturated carbocycles. The fourth-order valence-electron chi connectivity index (χ4n) is 2.09. The first-order valence-electron chi connectivity index (χ1n) is 7.67. The summed E-state index contributed by atoms with van der Waals surface area (Å²) < 4.78 is 1.94. The fraction of sp³-hybridized carbons (Fsp3) is 0.353. The number of rotatable bonds is 6. The molecule has 6 nitrogen and oxygen atoms in total. The summed E-state index contributed by atoms with van der Waals surface area (Å²) in [5.41, 5.74) is 1.20. The largest absolute Gasteiger partial charge is 0.353 e. The van der Waals surface area contributed by atoms with Crippen molar-refractivity contribution in [3.8, 4) is 0 Å². The summed E-state index contributed by atoms with van der Waals surface area (Å²) in [4.78, 5) is 4.59. The Bertz CT molecular complexity index is 665. The number of guanidine groups is 1. The molecule has 0 aliphatic carbocycles. The van der Waals surface area contributed by atoms with Crippen molar-refractivity contribution in [2.45, 2.75) is 26.4 Å². The Morgan fingerprint density at radius 3 is 2.62 bits per heavy atom. The van der Waals surface area contributed by atoms with E-state index in [4.69, 9.17) is 0 Å². The van der Waals surface area contributed by atoms with E-state index in [0.717, 1.165) is 17.6 Å². The van der Waals surface area contributed by atoms with Gasteiger partial charge in [-0.2, -0.15) is 0 Å². The lowest BCUT2D eigenvalue weighted by atomic mass is 10.1. The van der Waals surface area contributed by atoms with Crippen LogP contribution in [0.1, 0.15) is 30.2 Å². The minimum atomic E-state index is 0. The van der Waals surface area contributed by atoms with E-state index in [1.54, 1.807) is 6.08 Å². The predicted molar refractivity (Wildman–Crippen MR) is 108 cm³/mol. The molecule has 1 atom stereocenters. The van der Waals surface area contributed by atoms with Crippen molar-refractivity contribution in [1.29, 1.82) is 0 Å². The molecule has 1 heterocycles. The topological polar surface area (TPSA) is 67.1 Å². The lowest BCUT2D eigenvalue weighted by Crippen LogP contribution is -2.39. The van der Waals surface area contributed by atoms with Gasteiger partial charge in [-0.25, -0.2) is 4.99 Å². The van der Waals surface area contributed by atoms with E-state index in [2.05, 4.69) is 51.5 Å². The van der Waals surface area contributed by atoms with Crippen molar-refractivity contribution in [2.24, 2.45) is 12.0 Å². The van der Waals surface area contributed by atoms with Gasteiger partial charge in [-0.3, -0.25) is 0 Å². The Hall–Kier alpha value is -1.90. The Morgan fingerprint density at radius 2 is 2.04 bits per heavy atom. The normalized spacial score (nSPS) is 12.2. The van der Waals surface area contributed by atoms with Crippen LogP contribution < -0.4 is 10.6 Å². The van der Waals surface area contributed by atoms with Crippen LogP contribution >= 0.6 is 24.0 Å². The quantitative estimate of drug-likeness (QED) is 0.314. The van der Waals surface area contributed by atoms with Crippen molar-refractivity contribution in [2.75, 3.05) is 6.54 Å². The third-order valence-corrected chi connectivity index (χ3v) is 3.63. The molecule has 1 unspecified atom stereocenters. The zero-order valence-corrected chi connectivity index (χ0v) is 16.7. The molecule has 2 aromatic rings. The van der Waals surface area contributed by atoms with Gasteiger partial charge in [0, 0.05) is 13.6 Å². The van der Waals surface area contributed by atoms with Crippen LogP contribution in [0, 0.1) is 6.92 Å². The first-order valence-corrected chi connectivity index (χ1v) is 7.67. The summed E-state index contributed by atoms with van der Waals surface area (Å²) in [7, 11) is 1.94. The molecule has 1 aromatic heterocycles. The second-order valence-electron chi connectivity index (χ2n) is 5.33. The molecule has 0 saturated heterocycles. The highest BCUT2D eigenvalue weighted by Crippen LogP contribution is 2.10. The van der Waals surface area contributed by atoms with E-state index < -0.39 is 0 Å². The lowest BCUT2D eigenvalue weighted by molar-refractivity contribution is 0.685. The molecule has 1 aromatic carbocycles. The van der Waals surface area contributed by atoms with Crippen LogP contribution in [0.15, 0.2) is 48.0 Å². The number of nitrogens with one attached hydrogen (secondary N) is 2. The predicted octanol–water partition coefficient (Wildman–Crippen LogP) is 2.72. The smallest absolute Gasteiger partial charge is 0.192 e. The van der Waals surface area contributed by atoms with Crippen LogP contribution in [0.25, 0.3) is 0 Å². The SMILES string of the molecule is C=CCNC(=NCc1nnc(C)n1C)NC(C)c1ccccc1.I. The molecule has 0 aliphatic rings. The molecule has 0 amide bonds. The van der Waals surface area contributed by atoms with Gasteiger partial charge in [0.25, 0.3) is 0 Å². The van der Waals surface area contributed by atoms with Gasteiger partial charge in [0.2, 0.25) is 0 Å². The molecule has 24 heavy (non-hydrogen) atoms. The first kappa shape index (κ1) is 20.1. The Balaban J connectivity index is 0.00000288. The zero-order chi connectivity index (χ0) is 16.7. The molecule has 2 rings (SSSR count). The van der Waals surface area contributed by atoms with E-state index in [0.29, 0.717) is 13.1 Å². The van der Waals surface area contributed by atoms with Crippen molar-refractivity contribution < 1.29 is 0 Å². The van der Waals surface area contributed by atoms with Crippen molar-refractivity contribution in [3.05, 3.63) is 60.2 Å². The Labute approximate surface area is 160 Å². The Kier molecular flexibility index (Phi) is 8.45. The summed E-state index contributed by atoms with van der Waals surface area (Å²) >= 11 is 0. The van der Waals surface area contributed by atoms with E-state index >= 15 is 0 Å². The number of hydrogen-bond acceptors (Lipinski definition) is 3. The van der Waals surface area contributed by atoms with Gasteiger partial charge in [0.15, 0.2) is 11.8 Å². The van der Waals surface area contributed by atoms with E-state index in [1.807, 2.05) is 36.7 Å². The molecule has 2 N–H and O–H groups in total. The van der Waals surface area contributed by atoms with Crippen molar-refractivity contribution >= 4 is 29.9 Å². The molecular weight excluding hydrogens is 415 g/mol. The number of aromatic nitrogens is 3. The minimum absolute atomic E-state index is 0. The third-order valence-electron chi connectivity index (χ3n) is 3.63. The highest BCUT2D eigenvalue weighted by atomic mass is 127. The maximum atomic E-state index is 4.59. The number of benzene rings is 1. The molecule has 0 radical (unpaired) electrons. The molecule has 130 valence electrons. The number of nitrogens with zero attached hydrogens (tertiary/aromatic N) is 4. The summed E-state index contributed by atoms with van der Waals surface area (Å²) in [5.74, 6) is 2.43. The average Bonchev–Trinajstić information content (AvgIpc) is 2.89. The molecule has 0 spiro atoms. The standard InChI is InChI=1S/C17H24N6.HI/c1-5-11-18-17(19-12-16-22-21-14(3)23(16)4)20-13(2)15-9-7-6-8-10-15;/h5-10,13H,1,11-12H2,2-4H3,(H2,18,19,20);1H. The molecular formula is C17H25IN6. The van der Waals surface area contributed by atoms with Gasteiger partial charge in [-0.15, -0.1) is 40.8 Å². The van der Waals surface area contributed by atoms with Gasteiger partial charge >= 0.3 is 0 Å². The molecule has 7 heteroatoms. The van der Waals surface area contributed by atoms with Crippen LogP contribution in [-0.2, 0) is 13.6 Å². The van der Waals surface area contributed by atoms with Crippen LogP contribution in [0.3, 0.4) is 0 Å². The summed E-state index contributed by atoms with van der Waals surface area (Å²) in [6.45, 7) is 8.87. The van der Waals surface area contributed by atoms with Gasteiger partial charge in [-0.05, 0) is 19.4 Å². The fourth-order valence-corrected chi connectivity index (χ4v) is 2.09. The van der Waals surface area contributed by atoms with Crippen LogP contribution in [-0.4, -0.2) is 27.3 Å². The minimum Gasteiger partial charge on any atom is -0.353 e. The number of aryl methyl sites for hydroxylation is 1. The van der Waals surface area contributed by atoms with E-state index in [1.165, 1.54) is 5.56 Å². The highest BCUT2D eigenvalue weighted by Gasteiger charge is 2.08. The monoisotopic (exact) mass is 440 g/mol. The van der Waals surface area contributed by atoms with Crippen molar-refractivity contribution in [3.63, 3.8) is 0 Å². The highest BCUT2D eigenvalue weighted by molar-refractivity contribution is 14.0. The summed E-state index contributed by atoms with van der Waals surface area (Å²) in [6, 6.07) is 10.4. The van der Waals surface area contributed by atoms with Crippen molar-refractivity contribution in [1.82, 2.24) is 25.4 Å². The van der Waals surface area contributed by atoms with Crippen LogP contribution in [0.4, 0.5) is 0 Å². The zero-order valence-electron chi connectivity index (χ0n) is 14.4. The van der Waals surface area contributed by atoms with Gasteiger partial charge in [-0.1, -0.05) is 36.4 Å². The first-order chi connectivity index (χ1) is 11.1. The molecule has 0 bridgehead atoms. The summed E-state index contributed by atoms with van der Waals surface area (Å²) in [6.07, 6.45) is 1.80. The number of halogens is 1. The molecule has 0 fully saturated rings. The lowest BCUT2D eigenvalue weighted by Gasteiger charge is -2.18.